The van der Waals surface area contributed by atoms with Crippen molar-refractivity contribution in [3.8, 4) is 0 Å². The van der Waals surface area contributed by atoms with Crippen molar-refractivity contribution in [2.24, 2.45) is 0 Å². The second kappa shape index (κ2) is 5.14. The zero-order valence-electron chi connectivity index (χ0n) is 9.36. The molecule has 0 saturated heterocycles. The van der Waals surface area contributed by atoms with Crippen LogP contribution in [0.15, 0.2) is 29.1 Å². The number of aromatic carboxylic acids is 1. The van der Waals surface area contributed by atoms with Crippen LogP contribution in [0.4, 0.5) is 5.69 Å². The number of hydrogen-bond acceptors (Lipinski definition) is 5. The summed E-state index contributed by atoms with van der Waals surface area (Å²) < 4.78 is 1.95. The lowest BCUT2D eigenvalue weighted by molar-refractivity contribution is -0.385. The van der Waals surface area contributed by atoms with Gasteiger partial charge in [-0.2, -0.15) is 5.10 Å². The number of aromatic nitrogens is 3. The molecule has 0 atom stereocenters. The lowest BCUT2D eigenvalue weighted by atomic mass is 10.3. The molecular formula is C10H7BrN4O4. The maximum Gasteiger partial charge on any atom is 0.363 e. The van der Waals surface area contributed by atoms with Crippen LogP contribution in [0.2, 0.25) is 0 Å². The van der Waals surface area contributed by atoms with Gasteiger partial charge in [-0.3, -0.25) is 19.8 Å². The minimum Gasteiger partial charge on any atom is -0.476 e. The van der Waals surface area contributed by atoms with Gasteiger partial charge in [-0.15, -0.1) is 0 Å². The van der Waals surface area contributed by atoms with Crippen LogP contribution in [-0.2, 0) is 6.54 Å². The van der Waals surface area contributed by atoms with Crippen molar-refractivity contribution in [2.75, 3.05) is 0 Å². The van der Waals surface area contributed by atoms with E-state index in [-0.39, 0.29) is 6.54 Å². The van der Waals surface area contributed by atoms with Crippen molar-refractivity contribution in [2.45, 2.75) is 6.54 Å². The Labute approximate surface area is 115 Å². The summed E-state index contributed by atoms with van der Waals surface area (Å²) >= 11 is 3.25. The Bertz CT molecular complexity index is 623. The van der Waals surface area contributed by atoms with E-state index >= 15 is 0 Å². The summed E-state index contributed by atoms with van der Waals surface area (Å²) in [4.78, 5) is 24.7. The minimum atomic E-state index is -1.43. The normalized spacial score (nSPS) is 10.4. The zero-order chi connectivity index (χ0) is 14.0. The molecule has 2 rings (SSSR count). The summed E-state index contributed by atoms with van der Waals surface area (Å²) in [6.07, 6.45) is 4.25. The molecule has 0 aliphatic heterocycles. The lowest BCUT2D eigenvalue weighted by Crippen LogP contribution is -2.04. The van der Waals surface area contributed by atoms with Gasteiger partial charge in [0.1, 0.15) is 6.20 Å². The molecule has 0 radical (unpaired) electrons. The van der Waals surface area contributed by atoms with Gasteiger partial charge >= 0.3 is 11.7 Å². The van der Waals surface area contributed by atoms with Crippen molar-refractivity contribution < 1.29 is 14.8 Å². The van der Waals surface area contributed by atoms with E-state index in [1.54, 1.807) is 18.5 Å². The quantitative estimate of drug-likeness (QED) is 0.676. The number of carboxylic acids is 1. The summed E-state index contributed by atoms with van der Waals surface area (Å²) in [6, 6.07) is 1.76. The van der Waals surface area contributed by atoms with E-state index in [4.69, 9.17) is 5.11 Å². The topological polar surface area (TPSA) is 111 Å². The van der Waals surface area contributed by atoms with Gasteiger partial charge in [0, 0.05) is 16.9 Å². The highest BCUT2D eigenvalue weighted by molar-refractivity contribution is 9.10. The van der Waals surface area contributed by atoms with Gasteiger partial charge in [-0.05, 0) is 27.6 Å². The third-order valence-electron chi connectivity index (χ3n) is 2.25. The molecule has 1 N–H and O–H groups in total. The first-order valence-corrected chi connectivity index (χ1v) is 5.81. The van der Waals surface area contributed by atoms with E-state index in [1.165, 1.54) is 4.68 Å². The Morgan fingerprint density at radius 1 is 1.53 bits per heavy atom. The molecule has 98 valence electrons. The molecule has 2 aromatic heterocycles. The van der Waals surface area contributed by atoms with Crippen molar-refractivity contribution in [1.29, 1.82) is 0 Å². The van der Waals surface area contributed by atoms with Gasteiger partial charge in [0.2, 0.25) is 5.69 Å². The predicted molar refractivity (Wildman–Crippen MR) is 66.9 cm³/mol. The SMILES string of the molecule is O=C(O)c1nn(Cc2cncc(Br)c2)cc1[N+](=O)[O-]. The Morgan fingerprint density at radius 3 is 2.79 bits per heavy atom. The number of nitro groups is 1. The molecule has 0 bridgehead atoms. The minimum absolute atomic E-state index is 0.195. The van der Waals surface area contributed by atoms with Crippen LogP contribution < -0.4 is 0 Å². The number of nitrogens with zero attached hydrogens (tertiary/aromatic N) is 4. The lowest BCUT2D eigenvalue weighted by Gasteiger charge is -2.00. The summed E-state index contributed by atoms with van der Waals surface area (Å²) in [7, 11) is 0. The standard InChI is InChI=1S/C10H7BrN4O4/c11-7-1-6(2-12-3-7)4-14-5-8(15(18)19)9(13-14)10(16)17/h1-3,5H,4H2,(H,16,17). The maximum absolute atomic E-state index is 10.8. The Morgan fingerprint density at radius 2 is 2.26 bits per heavy atom. The summed E-state index contributed by atoms with van der Waals surface area (Å²) in [5, 5.41) is 23.2. The van der Waals surface area contributed by atoms with Crippen LogP contribution in [0.5, 0.6) is 0 Å². The summed E-state index contributed by atoms with van der Waals surface area (Å²) in [6.45, 7) is 0.195. The fourth-order valence-electron chi connectivity index (χ4n) is 1.51. The molecule has 0 aliphatic carbocycles. The van der Waals surface area contributed by atoms with Crippen molar-refractivity contribution in [3.63, 3.8) is 0 Å². The first-order valence-electron chi connectivity index (χ1n) is 5.02. The monoisotopic (exact) mass is 326 g/mol. The van der Waals surface area contributed by atoms with Crippen LogP contribution in [0, 0.1) is 10.1 Å². The second-order valence-electron chi connectivity index (χ2n) is 3.63. The van der Waals surface area contributed by atoms with E-state index in [0.717, 1.165) is 16.2 Å². The number of carbonyl (C=O) groups is 1. The molecule has 19 heavy (non-hydrogen) atoms. The van der Waals surface area contributed by atoms with Gasteiger partial charge in [0.05, 0.1) is 11.5 Å². The highest BCUT2D eigenvalue weighted by Crippen LogP contribution is 2.18. The maximum atomic E-state index is 10.8. The number of hydrogen-bond donors (Lipinski definition) is 1. The fourth-order valence-corrected chi connectivity index (χ4v) is 1.92. The smallest absolute Gasteiger partial charge is 0.363 e. The van der Waals surface area contributed by atoms with Gasteiger partial charge < -0.3 is 5.11 Å². The molecule has 0 saturated carbocycles. The van der Waals surface area contributed by atoms with E-state index in [9.17, 15) is 14.9 Å². The van der Waals surface area contributed by atoms with E-state index in [1.807, 2.05) is 0 Å². The summed E-state index contributed by atoms with van der Waals surface area (Å²) in [5.41, 5.74) is -0.368. The highest BCUT2D eigenvalue weighted by atomic mass is 79.9. The van der Waals surface area contributed by atoms with E-state index in [0.29, 0.717) is 0 Å². The third kappa shape index (κ3) is 2.94. The van der Waals surface area contributed by atoms with Gasteiger partial charge in [0.15, 0.2) is 0 Å². The van der Waals surface area contributed by atoms with Crippen LogP contribution in [-0.4, -0.2) is 30.8 Å². The first kappa shape index (κ1) is 13.1. The predicted octanol–water partition coefficient (Wildman–Crippen LogP) is 1.70. The van der Waals surface area contributed by atoms with E-state index in [2.05, 4.69) is 26.0 Å². The van der Waals surface area contributed by atoms with Crippen LogP contribution in [0.1, 0.15) is 16.1 Å². The molecule has 0 aliphatic rings. The largest absolute Gasteiger partial charge is 0.476 e. The molecule has 0 aromatic carbocycles. The zero-order valence-corrected chi connectivity index (χ0v) is 10.9. The molecule has 9 heteroatoms. The van der Waals surface area contributed by atoms with Crippen LogP contribution >= 0.6 is 15.9 Å². The molecule has 2 heterocycles. The Balaban J connectivity index is 2.34. The number of rotatable bonds is 4. The Kier molecular flexibility index (Phi) is 3.56. The van der Waals surface area contributed by atoms with Gasteiger partial charge in [-0.1, -0.05) is 0 Å². The second-order valence-corrected chi connectivity index (χ2v) is 4.55. The average molecular weight is 327 g/mol. The average Bonchev–Trinajstić information content (AvgIpc) is 2.73. The molecule has 0 fully saturated rings. The van der Waals surface area contributed by atoms with Crippen LogP contribution in [0.25, 0.3) is 0 Å². The van der Waals surface area contributed by atoms with E-state index < -0.39 is 22.3 Å². The van der Waals surface area contributed by atoms with Gasteiger partial charge in [0.25, 0.3) is 0 Å². The molecule has 0 unspecified atom stereocenters. The molecular weight excluding hydrogens is 320 g/mol. The highest BCUT2D eigenvalue weighted by Gasteiger charge is 2.25. The molecule has 2 aromatic rings. The summed E-state index contributed by atoms with van der Waals surface area (Å²) in [5.74, 6) is -1.43. The van der Waals surface area contributed by atoms with Crippen molar-refractivity contribution >= 4 is 27.6 Å². The number of carboxylic acid groups (broad SMARTS) is 1. The van der Waals surface area contributed by atoms with Gasteiger partial charge in [-0.25, -0.2) is 4.79 Å². The molecule has 8 nitrogen and oxygen atoms in total. The van der Waals surface area contributed by atoms with Crippen molar-refractivity contribution in [3.05, 3.63) is 50.5 Å². The molecule has 0 amide bonds. The van der Waals surface area contributed by atoms with Crippen molar-refractivity contribution in [1.82, 2.24) is 14.8 Å². The first-order chi connectivity index (χ1) is 8.97. The molecule has 0 spiro atoms. The third-order valence-corrected chi connectivity index (χ3v) is 2.68. The fraction of sp³-hybridized carbons (Fsp3) is 0.100. The number of pyridine rings is 1. The number of halogens is 1. The van der Waals surface area contributed by atoms with Crippen LogP contribution in [0.3, 0.4) is 0 Å². The Hall–Kier alpha value is -2.29.